The summed E-state index contributed by atoms with van der Waals surface area (Å²) < 4.78 is 16.8. The number of ether oxygens (including phenoxy) is 3. The molecule has 0 spiro atoms. The van der Waals surface area contributed by atoms with Crippen LogP contribution in [0.4, 0.5) is 4.79 Å². The van der Waals surface area contributed by atoms with E-state index < -0.39 is 6.16 Å². The van der Waals surface area contributed by atoms with Crippen molar-refractivity contribution in [3.05, 3.63) is 0 Å². The van der Waals surface area contributed by atoms with Gasteiger partial charge in [-0.2, -0.15) is 0 Å². The molecule has 0 saturated carbocycles. The van der Waals surface area contributed by atoms with E-state index in [1.807, 2.05) is 0 Å². The van der Waals surface area contributed by atoms with Crippen LogP contribution in [0.5, 0.6) is 0 Å². The van der Waals surface area contributed by atoms with Crippen LogP contribution in [-0.4, -0.2) is 67.7 Å². The van der Waals surface area contributed by atoms with Gasteiger partial charge >= 0.3 is 12.1 Å². The highest BCUT2D eigenvalue weighted by Crippen LogP contribution is 2.19. The van der Waals surface area contributed by atoms with Crippen molar-refractivity contribution in [2.45, 2.75) is 277 Å². The van der Waals surface area contributed by atoms with Crippen LogP contribution in [0.1, 0.15) is 271 Å². The number of esters is 1. The van der Waals surface area contributed by atoms with E-state index in [1.54, 1.807) is 0 Å². The molecule has 346 valence electrons. The first kappa shape index (κ1) is 56.7. The van der Waals surface area contributed by atoms with Crippen LogP contribution < -0.4 is 0 Å². The molecule has 0 aliphatic carbocycles. The zero-order chi connectivity index (χ0) is 42.3. The minimum atomic E-state index is -0.461. The Morgan fingerprint density at radius 2 is 0.759 bits per heavy atom. The van der Waals surface area contributed by atoms with Gasteiger partial charge in [-0.1, -0.05) is 207 Å². The molecule has 0 aliphatic rings. The van der Waals surface area contributed by atoms with Crippen molar-refractivity contribution < 1.29 is 28.9 Å². The third-order valence-corrected chi connectivity index (χ3v) is 11.9. The van der Waals surface area contributed by atoms with Crippen LogP contribution in [0.3, 0.4) is 0 Å². The van der Waals surface area contributed by atoms with Gasteiger partial charge in [0.1, 0.15) is 6.10 Å². The molecule has 0 aromatic heterocycles. The van der Waals surface area contributed by atoms with E-state index in [0.717, 1.165) is 90.3 Å². The molecule has 0 heterocycles. The number of hydrogen-bond acceptors (Lipinski definition) is 7. The number of unbranched alkanes of at least 4 members (excludes halogenated alkanes) is 31. The molecule has 0 amide bonds. The lowest BCUT2D eigenvalue weighted by Crippen LogP contribution is -2.29. The fourth-order valence-corrected chi connectivity index (χ4v) is 8.03. The Bertz CT molecular complexity index is 803. The summed E-state index contributed by atoms with van der Waals surface area (Å²) in [6.45, 7) is 10.9. The standard InChI is InChI=1S/C51H101NO6/c1-4-7-10-13-16-18-20-26-33-40-49(41-34-27-21-19-17-14-11-8-5-2)58-51(55)57-48-39-32-25-23-30-37-44-52(45-46-53)43-36-29-22-24-31-38-47-56-50(54)42-35-28-15-12-9-6-3/h49,53H,4-48H2,1-3H3. The van der Waals surface area contributed by atoms with Gasteiger partial charge in [-0.15, -0.1) is 0 Å². The number of aliphatic hydroxyl groups excluding tert-OH is 1. The molecule has 7 nitrogen and oxygen atoms in total. The number of hydrogen-bond donors (Lipinski definition) is 1. The molecule has 0 rings (SSSR count). The van der Waals surface area contributed by atoms with Gasteiger partial charge in [-0.25, -0.2) is 4.79 Å². The van der Waals surface area contributed by atoms with E-state index in [0.29, 0.717) is 19.6 Å². The molecule has 7 heteroatoms. The lowest BCUT2D eigenvalue weighted by molar-refractivity contribution is -0.143. The SMILES string of the molecule is CCCCCCCCCCCC(CCCCCCCCCCC)OC(=O)OCCCCCCCCN(CCO)CCCCCCCCOC(=O)CCCCCCCC. The van der Waals surface area contributed by atoms with Gasteiger partial charge in [0, 0.05) is 13.0 Å². The van der Waals surface area contributed by atoms with Gasteiger partial charge in [0.05, 0.1) is 19.8 Å². The predicted octanol–water partition coefficient (Wildman–Crippen LogP) is 15.6. The first-order chi connectivity index (χ1) is 28.6. The van der Waals surface area contributed by atoms with Crippen molar-refractivity contribution in [1.82, 2.24) is 4.90 Å². The maximum Gasteiger partial charge on any atom is 0.508 e. The average molecular weight is 824 g/mol. The van der Waals surface area contributed by atoms with Crippen molar-refractivity contribution >= 4 is 12.1 Å². The Morgan fingerprint density at radius 1 is 0.414 bits per heavy atom. The van der Waals surface area contributed by atoms with E-state index in [2.05, 4.69) is 25.7 Å². The maximum absolute atomic E-state index is 12.6. The van der Waals surface area contributed by atoms with Crippen LogP contribution in [0.2, 0.25) is 0 Å². The second kappa shape index (κ2) is 48.3. The molecule has 58 heavy (non-hydrogen) atoms. The highest BCUT2D eigenvalue weighted by Gasteiger charge is 2.15. The Labute approximate surface area is 361 Å². The van der Waals surface area contributed by atoms with Crippen molar-refractivity contribution in [2.75, 3.05) is 39.5 Å². The smallest absolute Gasteiger partial charge is 0.466 e. The number of carbonyl (C=O) groups is 2. The summed E-state index contributed by atoms with van der Waals surface area (Å²) >= 11 is 0. The molecule has 0 bridgehead atoms. The third kappa shape index (κ3) is 44.2. The minimum absolute atomic E-state index is 0.000595. The van der Waals surface area contributed by atoms with Crippen molar-refractivity contribution in [3.8, 4) is 0 Å². The highest BCUT2D eigenvalue weighted by molar-refractivity contribution is 5.69. The van der Waals surface area contributed by atoms with Crippen LogP contribution in [0.25, 0.3) is 0 Å². The Balaban J connectivity index is 4.00. The number of carbonyl (C=O) groups excluding carboxylic acids is 2. The van der Waals surface area contributed by atoms with Crippen LogP contribution in [0.15, 0.2) is 0 Å². The normalized spacial score (nSPS) is 11.6. The van der Waals surface area contributed by atoms with E-state index in [4.69, 9.17) is 14.2 Å². The quantitative estimate of drug-likeness (QED) is 0.0483. The summed E-state index contributed by atoms with van der Waals surface area (Å²) in [5.74, 6) is -0.0231. The second-order valence-electron chi connectivity index (χ2n) is 17.6. The number of nitrogens with zero attached hydrogens (tertiary/aromatic N) is 1. The summed E-state index contributed by atoms with van der Waals surface area (Å²) in [4.78, 5) is 26.9. The molecule has 0 radical (unpaired) electrons. The van der Waals surface area contributed by atoms with Gasteiger partial charge in [0.25, 0.3) is 0 Å². The predicted molar refractivity (Wildman–Crippen MR) is 248 cm³/mol. The summed E-state index contributed by atoms with van der Waals surface area (Å²) in [6.07, 6.45) is 46.4. The molecular formula is C51H101NO6. The molecule has 0 atom stereocenters. The fourth-order valence-electron chi connectivity index (χ4n) is 8.03. The van der Waals surface area contributed by atoms with E-state index >= 15 is 0 Å². The summed E-state index contributed by atoms with van der Waals surface area (Å²) in [5, 5.41) is 9.57. The monoisotopic (exact) mass is 824 g/mol. The zero-order valence-corrected chi connectivity index (χ0v) is 39.3. The lowest BCUT2D eigenvalue weighted by Gasteiger charge is -2.21. The Kier molecular flexibility index (Phi) is 47.2. The van der Waals surface area contributed by atoms with Gasteiger partial charge in [-0.05, 0) is 70.9 Å². The first-order valence-corrected chi connectivity index (χ1v) is 25.9. The van der Waals surface area contributed by atoms with Crippen molar-refractivity contribution in [1.29, 1.82) is 0 Å². The van der Waals surface area contributed by atoms with Crippen LogP contribution in [0, 0.1) is 0 Å². The maximum atomic E-state index is 12.6. The second-order valence-corrected chi connectivity index (χ2v) is 17.6. The minimum Gasteiger partial charge on any atom is -0.466 e. The van der Waals surface area contributed by atoms with Crippen molar-refractivity contribution in [2.24, 2.45) is 0 Å². The Hall–Kier alpha value is -1.34. The molecule has 1 N–H and O–H groups in total. The largest absolute Gasteiger partial charge is 0.508 e. The average Bonchev–Trinajstić information content (AvgIpc) is 3.22. The van der Waals surface area contributed by atoms with Gasteiger partial charge in [0.2, 0.25) is 0 Å². The fraction of sp³-hybridized carbons (Fsp3) is 0.961. The molecule has 0 aromatic rings. The Morgan fingerprint density at radius 3 is 1.17 bits per heavy atom. The molecular weight excluding hydrogens is 723 g/mol. The molecule has 0 saturated heterocycles. The summed E-state index contributed by atoms with van der Waals surface area (Å²) in [6, 6.07) is 0. The molecule has 0 fully saturated rings. The first-order valence-electron chi connectivity index (χ1n) is 25.9. The molecule has 0 unspecified atom stereocenters. The van der Waals surface area contributed by atoms with Crippen molar-refractivity contribution in [3.63, 3.8) is 0 Å². The lowest BCUT2D eigenvalue weighted by atomic mass is 10.0. The number of aliphatic hydroxyl groups is 1. The molecule has 0 aromatic carbocycles. The highest BCUT2D eigenvalue weighted by atomic mass is 16.7. The van der Waals surface area contributed by atoms with Gasteiger partial charge < -0.3 is 24.2 Å². The summed E-state index contributed by atoms with van der Waals surface area (Å²) in [5.41, 5.74) is 0. The van der Waals surface area contributed by atoms with E-state index in [-0.39, 0.29) is 18.7 Å². The third-order valence-electron chi connectivity index (χ3n) is 11.9. The van der Waals surface area contributed by atoms with Crippen LogP contribution in [-0.2, 0) is 19.0 Å². The summed E-state index contributed by atoms with van der Waals surface area (Å²) in [7, 11) is 0. The zero-order valence-electron chi connectivity index (χ0n) is 39.3. The molecule has 0 aliphatic heterocycles. The topological polar surface area (TPSA) is 85.3 Å². The van der Waals surface area contributed by atoms with Gasteiger partial charge in [-0.3, -0.25) is 4.79 Å². The van der Waals surface area contributed by atoms with Gasteiger partial charge in [0.15, 0.2) is 0 Å². The number of rotatable bonds is 48. The van der Waals surface area contributed by atoms with Crippen LogP contribution >= 0.6 is 0 Å². The van der Waals surface area contributed by atoms with E-state index in [1.165, 1.54) is 173 Å². The van der Waals surface area contributed by atoms with E-state index in [9.17, 15) is 14.7 Å².